The van der Waals surface area contributed by atoms with E-state index in [2.05, 4.69) is 10.5 Å². The average molecular weight is 250 g/mol. The molecule has 1 N–H and O–H groups in total. The number of carbonyl (C=O) groups is 2. The Bertz CT molecular complexity index is 453. The first-order chi connectivity index (χ1) is 8.58. The van der Waals surface area contributed by atoms with Crippen molar-refractivity contribution in [3.63, 3.8) is 0 Å². The van der Waals surface area contributed by atoms with Crippen LogP contribution in [0.3, 0.4) is 0 Å². The highest BCUT2D eigenvalue weighted by Gasteiger charge is 2.33. The van der Waals surface area contributed by atoms with Gasteiger partial charge in [0.05, 0.1) is 0 Å². The van der Waals surface area contributed by atoms with Gasteiger partial charge in [0.15, 0.2) is 5.82 Å². The molecule has 0 aliphatic heterocycles. The molecule has 0 aromatic carbocycles. The third-order valence-electron chi connectivity index (χ3n) is 3.50. The molecule has 1 aromatic heterocycles. The second-order valence-electron chi connectivity index (χ2n) is 4.92. The van der Waals surface area contributed by atoms with E-state index in [0.29, 0.717) is 11.6 Å². The maximum absolute atomic E-state index is 12.1. The Hall–Kier alpha value is -1.65. The Kier molecular flexibility index (Phi) is 3.79. The summed E-state index contributed by atoms with van der Waals surface area (Å²) >= 11 is 0. The van der Waals surface area contributed by atoms with Crippen LogP contribution < -0.4 is 5.32 Å². The number of carbonyl (C=O) groups excluding carboxylic acids is 2. The molecule has 1 heterocycles. The van der Waals surface area contributed by atoms with Crippen LogP contribution in [0.4, 0.5) is 5.82 Å². The van der Waals surface area contributed by atoms with Gasteiger partial charge in [-0.3, -0.25) is 9.59 Å². The number of hydrogen-bond donors (Lipinski definition) is 1. The van der Waals surface area contributed by atoms with Gasteiger partial charge in [0.25, 0.3) is 0 Å². The summed E-state index contributed by atoms with van der Waals surface area (Å²) in [6.45, 7) is 3.33. The Morgan fingerprint density at radius 3 is 2.56 bits per heavy atom. The summed E-state index contributed by atoms with van der Waals surface area (Å²) in [5, 5.41) is 6.45. The van der Waals surface area contributed by atoms with Crippen molar-refractivity contribution < 1.29 is 14.1 Å². The molecule has 2 unspecified atom stereocenters. The van der Waals surface area contributed by atoms with Gasteiger partial charge < -0.3 is 9.84 Å². The third-order valence-corrected chi connectivity index (χ3v) is 3.50. The van der Waals surface area contributed by atoms with Crippen molar-refractivity contribution in [3.05, 3.63) is 11.8 Å². The van der Waals surface area contributed by atoms with Gasteiger partial charge in [-0.1, -0.05) is 18.0 Å². The molecule has 0 bridgehead atoms. The summed E-state index contributed by atoms with van der Waals surface area (Å²) in [5.41, 5.74) is 0. The normalized spacial score (nSPS) is 23.7. The summed E-state index contributed by atoms with van der Waals surface area (Å²) in [5.74, 6) is 0.678. The predicted octanol–water partition coefficient (Wildman–Crippen LogP) is 2.32. The zero-order valence-corrected chi connectivity index (χ0v) is 10.7. The molecular formula is C13H18N2O3. The number of rotatable bonds is 3. The summed E-state index contributed by atoms with van der Waals surface area (Å²) < 4.78 is 4.90. The zero-order chi connectivity index (χ0) is 13.1. The molecule has 2 atom stereocenters. The van der Waals surface area contributed by atoms with Crippen LogP contribution in [0.2, 0.25) is 0 Å². The van der Waals surface area contributed by atoms with Crippen molar-refractivity contribution >= 4 is 17.5 Å². The monoisotopic (exact) mass is 250 g/mol. The molecule has 1 aliphatic carbocycles. The van der Waals surface area contributed by atoms with E-state index >= 15 is 0 Å². The summed E-state index contributed by atoms with van der Waals surface area (Å²) in [6, 6.07) is 1.67. The summed E-state index contributed by atoms with van der Waals surface area (Å²) in [6.07, 6.45) is 3.61. The van der Waals surface area contributed by atoms with Crippen LogP contribution in [-0.2, 0) is 9.59 Å². The molecule has 5 nitrogen and oxygen atoms in total. The topological polar surface area (TPSA) is 72.2 Å². The maximum atomic E-state index is 12.1. The number of hydrogen-bond acceptors (Lipinski definition) is 4. The Balaban J connectivity index is 2.04. The van der Waals surface area contributed by atoms with Crippen molar-refractivity contribution in [2.45, 2.75) is 39.5 Å². The molecule has 1 aliphatic rings. The first-order valence-electron chi connectivity index (χ1n) is 6.32. The molecular weight excluding hydrogens is 232 g/mol. The molecule has 0 saturated heterocycles. The van der Waals surface area contributed by atoms with Crippen molar-refractivity contribution in [3.8, 4) is 0 Å². The summed E-state index contributed by atoms with van der Waals surface area (Å²) in [7, 11) is 0. The molecule has 5 heteroatoms. The fraction of sp³-hybridized carbons (Fsp3) is 0.615. The van der Waals surface area contributed by atoms with Crippen LogP contribution >= 0.6 is 0 Å². The molecule has 1 saturated carbocycles. The van der Waals surface area contributed by atoms with Crippen LogP contribution in [0.25, 0.3) is 0 Å². The van der Waals surface area contributed by atoms with Crippen LogP contribution in [-0.4, -0.2) is 16.8 Å². The first-order valence-corrected chi connectivity index (χ1v) is 6.32. The minimum absolute atomic E-state index is 0.103. The predicted molar refractivity (Wildman–Crippen MR) is 66.0 cm³/mol. The van der Waals surface area contributed by atoms with Crippen LogP contribution in [0.1, 0.15) is 38.4 Å². The molecule has 2 rings (SSSR count). The number of nitrogens with one attached hydrogen (secondary N) is 1. The van der Waals surface area contributed by atoms with E-state index in [0.717, 1.165) is 25.7 Å². The highest BCUT2D eigenvalue weighted by Crippen LogP contribution is 2.31. The smallest absolute Gasteiger partial charge is 0.229 e. The highest BCUT2D eigenvalue weighted by molar-refractivity contribution is 5.95. The molecule has 1 fully saturated rings. The van der Waals surface area contributed by atoms with Gasteiger partial charge in [-0.15, -0.1) is 0 Å². The molecule has 1 amide bonds. The van der Waals surface area contributed by atoms with Gasteiger partial charge in [-0.2, -0.15) is 0 Å². The molecule has 18 heavy (non-hydrogen) atoms. The largest absolute Gasteiger partial charge is 0.360 e. The van der Waals surface area contributed by atoms with E-state index in [1.807, 2.05) is 0 Å². The van der Waals surface area contributed by atoms with Crippen molar-refractivity contribution in [1.82, 2.24) is 5.16 Å². The Labute approximate surface area is 106 Å². The molecule has 1 aromatic rings. The quantitative estimate of drug-likeness (QED) is 0.893. The van der Waals surface area contributed by atoms with Crippen LogP contribution in [0, 0.1) is 18.8 Å². The van der Waals surface area contributed by atoms with Gasteiger partial charge in [-0.25, -0.2) is 0 Å². The van der Waals surface area contributed by atoms with E-state index in [1.165, 1.54) is 0 Å². The average Bonchev–Trinajstić information content (AvgIpc) is 2.74. The number of ketones is 1. The fourth-order valence-corrected chi connectivity index (χ4v) is 2.58. The minimum Gasteiger partial charge on any atom is -0.360 e. The van der Waals surface area contributed by atoms with Gasteiger partial charge in [0.2, 0.25) is 5.91 Å². The van der Waals surface area contributed by atoms with Gasteiger partial charge >= 0.3 is 0 Å². The van der Waals surface area contributed by atoms with E-state index < -0.39 is 0 Å². The number of aromatic nitrogens is 1. The van der Waals surface area contributed by atoms with E-state index in [-0.39, 0.29) is 23.5 Å². The number of nitrogens with zero attached hydrogens (tertiary/aromatic N) is 1. The Morgan fingerprint density at radius 2 is 2.00 bits per heavy atom. The number of anilines is 1. The lowest BCUT2D eigenvalue weighted by atomic mass is 9.77. The SMILES string of the molecule is CC(=O)C1CCCCC1C(=O)Nc1cc(C)on1. The van der Waals surface area contributed by atoms with Gasteiger partial charge in [0.1, 0.15) is 11.5 Å². The highest BCUT2D eigenvalue weighted by atomic mass is 16.5. The molecule has 0 spiro atoms. The van der Waals surface area contributed by atoms with Crippen LogP contribution in [0.5, 0.6) is 0 Å². The Morgan fingerprint density at radius 1 is 1.33 bits per heavy atom. The fourth-order valence-electron chi connectivity index (χ4n) is 2.58. The number of Topliss-reactive ketones (excluding diaryl/α,β-unsaturated/α-hetero) is 1. The zero-order valence-electron chi connectivity index (χ0n) is 10.7. The van der Waals surface area contributed by atoms with E-state index in [9.17, 15) is 9.59 Å². The van der Waals surface area contributed by atoms with Crippen LogP contribution in [0.15, 0.2) is 10.6 Å². The van der Waals surface area contributed by atoms with E-state index in [1.54, 1.807) is 19.9 Å². The lowest BCUT2D eigenvalue weighted by molar-refractivity contribution is -0.131. The summed E-state index contributed by atoms with van der Waals surface area (Å²) in [4.78, 5) is 23.7. The maximum Gasteiger partial charge on any atom is 0.229 e. The first kappa shape index (κ1) is 12.8. The van der Waals surface area contributed by atoms with E-state index in [4.69, 9.17) is 4.52 Å². The molecule has 0 radical (unpaired) electrons. The lowest BCUT2D eigenvalue weighted by Gasteiger charge is -2.28. The van der Waals surface area contributed by atoms with Crippen molar-refractivity contribution in [2.24, 2.45) is 11.8 Å². The minimum atomic E-state index is -0.228. The number of aryl methyl sites for hydroxylation is 1. The lowest BCUT2D eigenvalue weighted by Crippen LogP contribution is -2.35. The van der Waals surface area contributed by atoms with Crippen molar-refractivity contribution in [1.29, 1.82) is 0 Å². The van der Waals surface area contributed by atoms with Crippen molar-refractivity contribution in [2.75, 3.05) is 5.32 Å². The van der Waals surface area contributed by atoms with Gasteiger partial charge in [-0.05, 0) is 26.7 Å². The van der Waals surface area contributed by atoms with Gasteiger partial charge in [0, 0.05) is 17.9 Å². The number of amides is 1. The third kappa shape index (κ3) is 2.78. The molecule has 98 valence electrons. The second-order valence-corrected chi connectivity index (χ2v) is 4.92. The second kappa shape index (κ2) is 5.33. The standard InChI is InChI=1S/C13H18N2O3/c1-8-7-12(15-18-8)14-13(17)11-6-4-3-5-10(11)9(2)16/h7,10-11H,3-6H2,1-2H3,(H,14,15,17).